The van der Waals surface area contributed by atoms with Crippen LogP contribution in [0, 0.1) is 5.92 Å². The van der Waals surface area contributed by atoms with E-state index in [2.05, 4.69) is 5.32 Å². The van der Waals surface area contributed by atoms with Crippen molar-refractivity contribution < 1.29 is 9.59 Å². The minimum atomic E-state index is -0.0960. The molecule has 1 heterocycles. The third kappa shape index (κ3) is 4.77. The molecule has 0 saturated carbocycles. The molecule has 1 N–H and O–H groups in total. The molecule has 2 aromatic carbocycles. The van der Waals surface area contributed by atoms with E-state index in [1.165, 1.54) is 0 Å². The van der Waals surface area contributed by atoms with Gasteiger partial charge in [0.2, 0.25) is 0 Å². The molecule has 1 saturated heterocycles. The molecule has 6 heteroatoms. The van der Waals surface area contributed by atoms with Gasteiger partial charge in [-0.15, -0.1) is 0 Å². The average molecular weight is 391 g/mol. The molecule has 26 heavy (non-hydrogen) atoms. The van der Waals surface area contributed by atoms with E-state index in [9.17, 15) is 9.59 Å². The number of hydrogen-bond donors (Lipinski definition) is 1. The summed E-state index contributed by atoms with van der Waals surface area (Å²) in [6, 6.07) is 13.8. The molecule has 1 aliphatic rings. The zero-order chi connectivity index (χ0) is 18.5. The molecule has 2 aromatic rings. The van der Waals surface area contributed by atoms with E-state index in [-0.39, 0.29) is 11.8 Å². The van der Waals surface area contributed by atoms with Crippen LogP contribution >= 0.6 is 23.2 Å². The predicted octanol–water partition coefficient (Wildman–Crippen LogP) is 4.28. The fourth-order valence-electron chi connectivity index (χ4n) is 3.06. The van der Waals surface area contributed by atoms with Gasteiger partial charge in [0, 0.05) is 40.8 Å². The van der Waals surface area contributed by atoms with Crippen molar-refractivity contribution in [2.45, 2.75) is 12.8 Å². The average Bonchev–Trinajstić information content (AvgIpc) is 2.67. The molecular formula is C20H20Cl2N2O2. The van der Waals surface area contributed by atoms with Gasteiger partial charge < -0.3 is 10.2 Å². The lowest BCUT2D eigenvalue weighted by molar-refractivity contribution is 0.0684. The van der Waals surface area contributed by atoms with Gasteiger partial charge in [0.05, 0.1) is 0 Å². The Balaban J connectivity index is 1.46. The van der Waals surface area contributed by atoms with E-state index >= 15 is 0 Å². The molecule has 136 valence electrons. The number of piperidine rings is 1. The summed E-state index contributed by atoms with van der Waals surface area (Å²) in [7, 11) is 0. The number of hydrogen-bond acceptors (Lipinski definition) is 2. The molecule has 0 bridgehead atoms. The lowest BCUT2D eigenvalue weighted by atomic mass is 9.96. The third-order valence-corrected chi connectivity index (χ3v) is 5.15. The van der Waals surface area contributed by atoms with Crippen LogP contribution in [0.4, 0.5) is 0 Å². The van der Waals surface area contributed by atoms with Crippen molar-refractivity contribution in [3.05, 3.63) is 69.7 Å². The monoisotopic (exact) mass is 390 g/mol. The number of halogens is 2. The summed E-state index contributed by atoms with van der Waals surface area (Å²) >= 11 is 11.7. The molecular weight excluding hydrogens is 371 g/mol. The van der Waals surface area contributed by atoms with Crippen LogP contribution < -0.4 is 5.32 Å². The number of amides is 2. The standard InChI is InChI=1S/C20H20Cl2N2O2/c21-17-5-1-15(2-6-17)19(25)23-13-14-9-11-24(12-10-14)20(26)16-3-7-18(22)8-4-16/h1-8,14H,9-13H2,(H,23,25). The van der Waals surface area contributed by atoms with Crippen molar-refractivity contribution in [2.24, 2.45) is 5.92 Å². The number of likely N-dealkylation sites (tertiary alicyclic amines) is 1. The maximum absolute atomic E-state index is 12.5. The van der Waals surface area contributed by atoms with Crippen molar-refractivity contribution >= 4 is 35.0 Å². The Morgan fingerprint density at radius 1 is 0.885 bits per heavy atom. The Kier molecular flexibility index (Phi) is 6.17. The van der Waals surface area contributed by atoms with E-state index in [4.69, 9.17) is 23.2 Å². The normalized spacial score (nSPS) is 14.9. The molecule has 2 amide bonds. The van der Waals surface area contributed by atoms with E-state index in [0.717, 1.165) is 12.8 Å². The summed E-state index contributed by atoms with van der Waals surface area (Å²) in [5, 5.41) is 4.20. The molecule has 1 fully saturated rings. The number of carbonyl (C=O) groups excluding carboxylic acids is 2. The van der Waals surface area contributed by atoms with Gasteiger partial charge in [-0.25, -0.2) is 0 Å². The summed E-state index contributed by atoms with van der Waals surface area (Å²) in [6.45, 7) is 2.01. The molecule has 0 aliphatic carbocycles. The van der Waals surface area contributed by atoms with Gasteiger partial charge in [-0.3, -0.25) is 9.59 Å². The fourth-order valence-corrected chi connectivity index (χ4v) is 3.31. The first-order valence-electron chi connectivity index (χ1n) is 8.61. The first kappa shape index (κ1) is 18.7. The first-order chi connectivity index (χ1) is 12.5. The van der Waals surface area contributed by atoms with E-state index in [0.29, 0.717) is 46.7 Å². The molecule has 0 atom stereocenters. The van der Waals surface area contributed by atoms with Crippen LogP contribution in [-0.2, 0) is 0 Å². The summed E-state index contributed by atoms with van der Waals surface area (Å²) in [6.07, 6.45) is 1.75. The van der Waals surface area contributed by atoms with E-state index in [1.807, 2.05) is 4.90 Å². The highest BCUT2D eigenvalue weighted by atomic mass is 35.5. The van der Waals surface area contributed by atoms with Crippen LogP contribution in [0.3, 0.4) is 0 Å². The minimum absolute atomic E-state index is 0.0327. The van der Waals surface area contributed by atoms with Crippen molar-refractivity contribution in [3.8, 4) is 0 Å². The van der Waals surface area contributed by atoms with E-state index in [1.54, 1.807) is 48.5 Å². The van der Waals surface area contributed by atoms with E-state index < -0.39 is 0 Å². The Labute approximate surface area is 163 Å². The highest BCUT2D eigenvalue weighted by Gasteiger charge is 2.24. The summed E-state index contributed by atoms with van der Waals surface area (Å²) in [4.78, 5) is 26.5. The van der Waals surface area contributed by atoms with Gasteiger partial charge in [-0.05, 0) is 67.3 Å². The second-order valence-electron chi connectivity index (χ2n) is 6.46. The number of rotatable bonds is 4. The summed E-state index contributed by atoms with van der Waals surface area (Å²) < 4.78 is 0. The molecule has 0 unspecified atom stereocenters. The smallest absolute Gasteiger partial charge is 0.253 e. The van der Waals surface area contributed by atoms with Crippen molar-refractivity contribution in [3.63, 3.8) is 0 Å². The summed E-state index contributed by atoms with van der Waals surface area (Å²) in [5.41, 5.74) is 1.26. The van der Waals surface area contributed by atoms with Crippen LogP contribution in [0.15, 0.2) is 48.5 Å². The molecule has 4 nitrogen and oxygen atoms in total. The van der Waals surface area contributed by atoms with Crippen LogP contribution in [0.1, 0.15) is 33.6 Å². The number of benzene rings is 2. The number of nitrogens with zero attached hydrogens (tertiary/aromatic N) is 1. The Hall–Kier alpha value is -2.04. The largest absolute Gasteiger partial charge is 0.352 e. The molecule has 1 aliphatic heterocycles. The first-order valence-corrected chi connectivity index (χ1v) is 9.37. The molecule has 0 spiro atoms. The zero-order valence-corrected chi connectivity index (χ0v) is 15.8. The molecule has 3 rings (SSSR count). The van der Waals surface area contributed by atoms with Gasteiger partial charge in [0.15, 0.2) is 0 Å². The van der Waals surface area contributed by atoms with Crippen molar-refractivity contribution in [1.29, 1.82) is 0 Å². The van der Waals surface area contributed by atoms with Gasteiger partial charge in [-0.2, -0.15) is 0 Å². The SMILES string of the molecule is O=C(NCC1CCN(C(=O)c2ccc(Cl)cc2)CC1)c1ccc(Cl)cc1. The fraction of sp³-hybridized carbons (Fsp3) is 0.300. The quantitative estimate of drug-likeness (QED) is 0.846. The Bertz CT molecular complexity index is 767. The molecule has 0 radical (unpaired) electrons. The van der Waals surface area contributed by atoms with Crippen LogP contribution in [0.5, 0.6) is 0 Å². The van der Waals surface area contributed by atoms with Crippen molar-refractivity contribution in [1.82, 2.24) is 10.2 Å². The predicted molar refractivity (Wildman–Crippen MR) is 104 cm³/mol. The number of nitrogens with one attached hydrogen (secondary N) is 1. The third-order valence-electron chi connectivity index (χ3n) is 4.65. The minimum Gasteiger partial charge on any atom is -0.352 e. The molecule has 0 aromatic heterocycles. The maximum Gasteiger partial charge on any atom is 0.253 e. The summed E-state index contributed by atoms with van der Waals surface area (Å²) in [5.74, 6) is 0.312. The second kappa shape index (κ2) is 8.56. The van der Waals surface area contributed by atoms with Gasteiger partial charge in [0.1, 0.15) is 0 Å². The van der Waals surface area contributed by atoms with Crippen LogP contribution in [0.2, 0.25) is 10.0 Å². The highest BCUT2D eigenvalue weighted by molar-refractivity contribution is 6.31. The topological polar surface area (TPSA) is 49.4 Å². The zero-order valence-electron chi connectivity index (χ0n) is 14.3. The Morgan fingerprint density at radius 2 is 1.38 bits per heavy atom. The van der Waals surface area contributed by atoms with Gasteiger partial charge >= 0.3 is 0 Å². The maximum atomic E-state index is 12.5. The second-order valence-corrected chi connectivity index (χ2v) is 7.33. The van der Waals surface area contributed by atoms with Crippen molar-refractivity contribution in [2.75, 3.05) is 19.6 Å². The van der Waals surface area contributed by atoms with Crippen LogP contribution in [0.25, 0.3) is 0 Å². The lowest BCUT2D eigenvalue weighted by Gasteiger charge is -2.32. The lowest BCUT2D eigenvalue weighted by Crippen LogP contribution is -2.41. The van der Waals surface area contributed by atoms with Gasteiger partial charge in [-0.1, -0.05) is 23.2 Å². The highest BCUT2D eigenvalue weighted by Crippen LogP contribution is 2.19. The number of carbonyl (C=O) groups is 2. The Morgan fingerprint density at radius 3 is 1.92 bits per heavy atom. The van der Waals surface area contributed by atoms with Gasteiger partial charge in [0.25, 0.3) is 11.8 Å². The van der Waals surface area contributed by atoms with Crippen LogP contribution in [-0.4, -0.2) is 36.3 Å².